The van der Waals surface area contributed by atoms with Crippen molar-refractivity contribution in [1.29, 1.82) is 0 Å². The molecule has 5 rings (SSSR count). The highest BCUT2D eigenvalue weighted by molar-refractivity contribution is 5.90. The first-order valence-corrected chi connectivity index (χ1v) is 10.2. The average Bonchev–Trinajstić information content (AvgIpc) is 2.82. The fourth-order valence-electron chi connectivity index (χ4n) is 3.91. The molecule has 1 fully saturated rings. The van der Waals surface area contributed by atoms with Crippen LogP contribution in [0.25, 0.3) is 10.9 Å². The van der Waals surface area contributed by atoms with Gasteiger partial charge in [-0.05, 0) is 24.3 Å². The number of aromatic nitrogens is 2. The number of para-hydroxylation sites is 3. The number of piperazine rings is 1. The van der Waals surface area contributed by atoms with Crippen molar-refractivity contribution < 1.29 is 27.4 Å². The second-order valence-corrected chi connectivity index (χ2v) is 7.56. The molecule has 0 bridgehead atoms. The first-order chi connectivity index (χ1) is 15.4. The molecule has 0 N–H and O–H groups in total. The van der Waals surface area contributed by atoms with Crippen LogP contribution in [-0.2, 0) is 11.0 Å². The Balaban J connectivity index is 1.32. The van der Waals surface area contributed by atoms with Gasteiger partial charge in [-0.15, -0.1) is 0 Å². The third-order valence-corrected chi connectivity index (χ3v) is 5.51. The fourth-order valence-corrected chi connectivity index (χ4v) is 3.91. The van der Waals surface area contributed by atoms with Crippen LogP contribution < -0.4 is 14.4 Å². The van der Waals surface area contributed by atoms with Gasteiger partial charge in [0.05, 0.1) is 5.52 Å². The monoisotopic (exact) mass is 444 g/mol. The van der Waals surface area contributed by atoms with Crippen LogP contribution in [0.3, 0.4) is 0 Å². The molecule has 0 saturated carbocycles. The van der Waals surface area contributed by atoms with E-state index < -0.39 is 18.1 Å². The summed E-state index contributed by atoms with van der Waals surface area (Å²) in [5, 5.41) is 0.542. The molecule has 3 aromatic rings. The Kier molecular flexibility index (Phi) is 4.99. The molecule has 1 amide bonds. The number of rotatable bonds is 2. The maximum Gasteiger partial charge on any atom is 0.451 e. The summed E-state index contributed by atoms with van der Waals surface area (Å²) in [5.74, 6) is -0.0413. The van der Waals surface area contributed by atoms with E-state index in [2.05, 4.69) is 9.97 Å². The van der Waals surface area contributed by atoms with Gasteiger partial charge in [-0.25, -0.2) is 9.97 Å². The number of halogens is 3. The predicted octanol–water partition coefficient (Wildman–Crippen LogP) is 3.14. The van der Waals surface area contributed by atoms with E-state index in [1.165, 1.54) is 6.07 Å². The van der Waals surface area contributed by atoms with Gasteiger partial charge in [-0.2, -0.15) is 13.2 Å². The zero-order chi connectivity index (χ0) is 22.3. The standard InChI is InChI=1S/C22H19F3N4O3/c23-22(24,25)21-26-15-6-2-1-5-14(15)19(27-21)28-9-11-29(12-10-28)20(30)18-13-31-16-7-3-4-8-17(16)32-18/h1-8,18H,9-13H2. The number of anilines is 1. The van der Waals surface area contributed by atoms with Crippen molar-refractivity contribution in [3.05, 3.63) is 54.4 Å². The highest BCUT2D eigenvalue weighted by atomic mass is 19.4. The Morgan fingerprint density at radius 2 is 1.62 bits per heavy atom. The van der Waals surface area contributed by atoms with Gasteiger partial charge in [-0.1, -0.05) is 24.3 Å². The second-order valence-electron chi connectivity index (χ2n) is 7.56. The lowest BCUT2D eigenvalue weighted by Crippen LogP contribution is -2.54. The van der Waals surface area contributed by atoms with E-state index >= 15 is 0 Å². The molecule has 32 heavy (non-hydrogen) atoms. The van der Waals surface area contributed by atoms with Gasteiger partial charge in [0, 0.05) is 31.6 Å². The number of alkyl halides is 3. The lowest BCUT2D eigenvalue weighted by molar-refractivity contribution is -0.144. The summed E-state index contributed by atoms with van der Waals surface area (Å²) in [7, 11) is 0. The van der Waals surface area contributed by atoms with Crippen molar-refractivity contribution in [2.24, 2.45) is 0 Å². The van der Waals surface area contributed by atoms with Crippen LogP contribution in [0.5, 0.6) is 11.5 Å². The minimum Gasteiger partial charge on any atom is -0.485 e. The summed E-state index contributed by atoms with van der Waals surface area (Å²) >= 11 is 0. The molecule has 2 aliphatic rings. The van der Waals surface area contributed by atoms with Crippen molar-refractivity contribution in [1.82, 2.24) is 14.9 Å². The molecule has 3 heterocycles. The Bertz CT molecular complexity index is 1160. The Morgan fingerprint density at radius 1 is 0.938 bits per heavy atom. The van der Waals surface area contributed by atoms with Crippen LogP contribution in [0.1, 0.15) is 5.82 Å². The van der Waals surface area contributed by atoms with Crippen molar-refractivity contribution in [3.8, 4) is 11.5 Å². The molecule has 1 atom stereocenters. The summed E-state index contributed by atoms with van der Waals surface area (Å²) in [6, 6.07) is 13.8. The molecule has 1 unspecified atom stereocenters. The number of nitrogens with zero attached hydrogens (tertiary/aromatic N) is 4. The second kappa shape index (κ2) is 7.85. The van der Waals surface area contributed by atoms with Gasteiger partial charge in [0.15, 0.2) is 11.5 Å². The number of benzene rings is 2. The van der Waals surface area contributed by atoms with Gasteiger partial charge in [-0.3, -0.25) is 4.79 Å². The molecule has 2 aliphatic heterocycles. The number of carbonyl (C=O) groups is 1. The normalized spacial score (nSPS) is 18.7. The van der Waals surface area contributed by atoms with Gasteiger partial charge in [0.2, 0.25) is 11.9 Å². The molecule has 1 aromatic heterocycles. The third-order valence-electron chi connectivity index (χ3n) is 5.51. The number of hydrogen-bond donors (Lipinski definition) is 0. The topological polar surface area (TPSA) is 67.8 Å². The van der Waals surface area contributed by atoms with Crippen LogP contribution in [0.4, 0.5) is 19.0 Å². The van der Waals surface area contributed by atoms with Crippen molar-refractivity contribution in [3.63, 3.8) is 0 Å². The summed E-state index contributed by atoms with van der Waals surface area (Å²) in [5.41, 5.74) is 0.231. The number of fused-ring (bicyclic) bond motifs is 2. The summed E-state index contributed by atoms with van der Waals surface area (Å²) in [4.78, 5) is 23.8. The molecule has 7 nitrogen and oxygen atoms in total. The van der Waals surface area contributed by atoms with Crippen molar-refractivity contribution in [2.45, 2.75) is 12.3 Å². The molecular formula is C22H19F3N4O3. The fraction of sp³-hybridized carbons (Fsp3) is 0.318. The van der Waals surface area contributed by atoms with Crippen LogP contribution in [0.2, 0.25) is 0 Å². The Morgan fingerprint density at radius 3 is 2.38 bits per heavy atom. The van der Waals surface area contributed by atoms with E-state index in [1.54, 1.807) is 46.2 Å². The predicted molar refractivity (Wildman–Crippen MR) is 110 cm³/mol. The average molecular weight is 444 g/mol. The van der Waals surface area contributed by atoms with Gasteiger partial charge >= 0.3 is 6.18 Å². The van der Waals surface area contributed by atoms with Crippen molar-refractivity contribution in [2.75, 3.05) is 37.7 Å². The molecule has 2 aromatic carbocycles. The number of ether oxygens (including phenoxy) is 2. The smallest absolute Gasteiger partial charge is 0.451 e. The SMILES string of the molecule is O=C(C1COc2ccccc2O1)N1CCN(c2nc(C(F)(F)F)nc3ccccc23)CC1. The summed E-state index contributed by atoms with van der Waals surface area (Å²) in [6.45, 7) is 1.46. The molecule has 166 valence electrons. The van der Waals surface area contributed by atoms with Crippen LogP contribution >= 0.6 is 0 Å². The van der Waals surface area contributed by atoms with E-state index in [0.717, 1.165) is 0 Å². The summed E-state index contributed by atoms with van der Waals surface area (Å²) < 4.78 is 51.4. The number of carbonyl (C=O) groups excluding carboxylic acids is 1. The maximum absolute atomic E-state index is 13.3. The lowest BCUT2D eigenvalue weighted by atomic mass is 10.2. The molecular weight excluding hydrogens is 425 g/mol. The third kappa shape index (κ3) is 3.76. The van der Waals surface area contributed by atoms with Crippen LogP contribution in [0, 0.1) is 0 Å². The Hall–Kier alpha value is -3.56. The minimum atomic E-state index is -4.65. The maximum atomic E-state index is 13.3. The molecule has 10 heteroatoms. The van der Waals surface area contributed by atoms with E-state index in [4.69, 9.17) is 9.47 Å². The Labute approximate surface area is 181 Å². The van der Waals surface area contributed by atoms with Crippen LogP contribution in [-0.4, -0.2) is 59.7 Å². The largest absolute Gasteiger partial charge is 0.485 e. The minimum absolute atomic E-state index is 0.113. The van der Waals surface area contributed by atoms with E-state index in [9.17, 15) is 18.0 Å². The van der Waals surface area contributed by atoms with E-state index in [-0.39, 0.29) is 23.8 Å². The molecule has 0 aliphatic carbocycles. The van der Waals surface area contributed by atoms with Crippen LogP contribution in [0.15, 0.2) is 48.5 Å². The van der Waals surface area contributed by atoms with Gasteiger partial charge < -0.3 is 19.3 Å². The summed E-state index contributed by atoms with van der Waals surface area (Å²) in [6.07, 6.45) is -5.40. The first-order valence-electron chi connectivity index (χ1n) is 10.2. The van der Waals surface area contributed by atoms with Gasteiger partial charge in [0.1, 0.15) is 12.4 Å². The molecule has 0 spiro atoms. The quantitative estimate of drug-likeness (QED) is 0.605. The van der Waals surface area contributed by atoms with Crippen molar-refractivity contribution >= 4 is 22.6 Å². The zero-order valence-corrected chi connectivity index (χ0v) is 16.9. The van der Waals surface area contributed by atoms with E-state index in [1.807, 2.05) is 6.07 Å². The zero-order valence-electron chi connectivity index (χ0n) is 16.9. The van der Waals surface area contributed by atoms with E-state index in [0.29, 0.717) is 43.1 Å². The molecule has 0 radical (unpaired) electrons. The first kappa shape index (κ1) is 20.3. The number of amides is 1. The highest BCUT2D eigenvalue weighted by Gasteiger charge is 2.37. The molecule has 1 saturated heterocycles. The van der Waals surface area contributed by atoms with Gasteiger partial charge in [0.25, 0.3) is 5.91 Å². The number of hydrogen-bond acceptors (Lipinski definition) is 6. The lowest BCUT2D eigenvalue weighted by Gasteiger charge is -2.38. The highest BCUT2D eigenvalue weighted by Crippen LogP contribution is 2.33.